The average Bonchev–Trinajstić information content (AvgIpc) is 3.01. The summed E-state index contributed by atoms with van der Waals surface area (Å²) in [6.07, 6.45) is 4.98. The van der Waals surface area contributed by atoms with Crippen LogP contribution in [0.5, 0.6) is 0 Å². The number of aromatic nitrogens is 2. The lowest BCUT2D eigenvalue weighted by Gasteiger charge is -2.32. The number of sulfonamides is 1. The SMILES string of the molecule is O=S(=O)(c1c(F)cccc1Cl)N1CCC[C@H](n2cccn2)C1. The third kappa shape index (κ3) is 2.76. The molecule has 0 radical (unpaired) electrons. The maximum absolute atomic E-state index is 14.0. The Hall–Kier alpha value is -1.44. The zero-order chi connectivity index (χ0) is 15.7. The average molecular weight is 344 g/mol. The van der Waals surface area contributed by atoms with Gasteiger partial charge < -0.3 is 0 Å². The Kier molecular flexibility index (Phi) is 4.20. The first-order valence-corrected chi connectivity index (χ1v) is 8.75. The van der Waals surface area contributed by atoms with Gasteiger partial charge in [-0.15, -0.1) is 0 Å². The van der Waals surface area contributed by atoms with Crippen LogP contribution in [0.3, 0.4) is 0 Å². The van der Waals surface area contributed by atoms with Gasteiger partial charge >= 0.3 is 0 Å². The molecule has 0 saturated carbocycles. The minimum absolute atomic E-state index is 0.0518. The van der Waals surface area contributed by atoms with E-state index in [2.05, 4.69) is 5.10 Å². The predicted molar refractivity (Wildman–Crippen MR) is 80.7 cm³/mol. The van der Waals surface area contributed by atoms with Gasteiger partial charge in [-0.2, -0.15) is 9.40 Å². The number of halogens is 2. The van der Waals surface area contributed by atoms with E-state index < -0.39 is 20.7 Å². The molecule has 118 valence electrons. The maximum Gasteiger partial charge on any atom is 0.247 e. The van der Waals surface area contributed by atoms with Crippen molar-refractivity contribution in [1.82, 2.24) is 14.1 Å². The molecule has 1 fully saturated rings. The van der Waals surface area contributed by atoms with E-state index in [4.69, 9.17) is 11.6 Å². The van der Waals surface area contributed by atoms with E-state index >= 15 is 0 Å². The highest BCUT2D eigenvalue weighted by molar-refractivity contribution is 7.89. The summed E-state index contributed by atoms with van der Waals surface area (Å²) in [4.78, 5) is -0.446. The second-order valence-electron chi connectivity index (χ2n) is 5.20. The summed E-state index contributed by atoms with van der Waals surface area (Å²) in [6, 6.07) is 5.62. The molecular formula is C14H15ClFN3O2S. The first-order chi connectivity index (χ1) is 10.5. The molecule has 0 amide bonds. The zero-order valence-corrected chi connectivity index (χ0v) is 13.3. The molecule has 1 aromatic heterocycles. The maximum atomic E-state index is 14.0. The molecule has 1 aliphatic heterocycles. The highest BCUT2D eigenvalue weighted by atomic mass is 35.5. The first kappa shape index (κ1) is 15.5. The zero-order valence-electron chi connectivity index (χ0n) is 11.7. The normalized spacial score (nSPS) is 20.2. The minimum atomic E-state index is -3.96. The van der Waals surface area contributed by atoms with Crippen LogP contribution in [0.15, 0.2) is 41.6 Å². The van der Waals surface area contributed by atoms with Crippen LogP contribution in [0, 0.1) is 5.82 Å². The molecule has 1 saturated heterocycles. The molecule has 0 spiro atoms. The van der Waals surface area contributed by atoms with Crippen LogP contribution in [0.4, 0.5) is 4.39 Å². The molecule has 0 aliphatic carbocycles. The van der Waals surface area contributed by atoms with E-state index in [0.717, 1.165) is 12.5 Å². The van der Waals surface area contributed by atoms with E-state index in [1.807, 2.05) is 0 Å². The smallest absolute Gasteiger partial charge is 0.247 e. The molecule has 1 atom stereocenters. The van der Waals surface area contributed by atoms with Gasteiger partial charge in [0.15, 0.2) is 0 Å². The van der Waals surface area contributed by atoms with Crippen molar-refractivity contribution in [2.24, 2.45) is 0 Å². The summed E-state index contributed by atoms with van der Waals surface area (Å²) in [7, 11) is -3.96. The third-order valence-corrected chi connectivity index (χ3v) is 6.14. The standard InChI is InChI=1S/C14H15ClFN3O2S/c15-12-5-1-6-13(16)14(12)22(20,21)18-8-2-4-11(10-18)19-9-3-7-17-19/h1,3,5-7,9,11H,2,4,8,10H2/t11-/m0/s1. The molecule has 5 nitrogen and oxygen atoms in total. The van der Waals surface area contributed by atoms with Crippen molar-refractivity contribution in [2.75, 3.05) is 13.1 Å². The van der Waals surface area contributed by atoms with Crippen LogP contribution >= 0.6 is 11.6 Å². The third-order valence-electron chi connectivity index (χ3n) is 3.78. The van der Waals surface area contributed by atoms with Gasteiger partial charge in [0.25, 0.3) is 0 Å². The van der Waals surface area contributed by atoms with Crippen LogP contribution < -0.4 is 0 Å². The van der Waals surface area contributed by atoms with Crippen molar-refractivity contribution < 1.29 is 12.8 Å². The molecule has 0 N–H and O–H groups in total. The Morgan fingerprint density at radius 2 is 2.14 bits per heavy atom. The number of nitrogens with zero attached hydrogens (tertiary/aromatic N) is 3. The quantitative estimate of drug-likeness (QED) is 0.861. The van der Waals surface area contributed by atoms with Gasteiger partial charge in [0.05, 0.1) is 11.1 Å². The molecule has 1 aromatic carbocycles. The monoisotopic (exact) mass is 343 g/mol. The topological polar surface area (TPSA) is 55.2 Å². The second-order valence-corrected chi connectivity index (χ2v) is 7.48. The summed E-state index contributed by atoms with van der Waals surface area (Å²) < 4.78 is 42.4. The van der Waals surface area contributed by atoms with E-state index in [1.54, 1.807) is 23.1 Å². The molecule has 3 rings (SSSR count). The van der Waals surface area contributed by atoms with Crippen molar-refractivity contribution in [3.63, 3.8) is 0 Å². The van der Waals surface area contributed by atoms with Crippen LogP contribution in [-0.4, -0.2) is 35.6 Å². The second kappa shape index (κ2) is 5.98. The lowest BCUT2D eigenvalue weighted by molar-refractivity contribution is 0.253. The molecule has 8 heteroatoms. The van der Waals surface area contributed by atoms with Crippen LogP contribution in [0.2, 0.25) is 5.02 Å². The van der Waals surface area contributed by atoms with Crippen molar-refractivity contribution >= 4 is 21.6 Å². The van der Waals surface area contributed by atoms with Gasteiger partial charge in [-0.3, -0.25) is 4.68 Å². The molecular weight excluding hydrogens is 329 g/mol. The minimum Gasteiger partial charge on any atom is -0.268 e. The van der Waals surface area contributed by atoms with E-state index in [0.29, 0.717) is 13.0 Å². The molecule has 2 aromatic rings. The molecule has 2 heterocycles. The van der Waals surface area contributed by atoms with Crippen molar-refractivity contribution in [3.05, 3.63) is 47.5 Å². The lowest BCUT2D eigenvalue weighted by Crippen LogP contribution is -2.41. The molecule has 0 bridgehead atoms. The number of benzene rings is 1. The molecule has 22 heavy (non-hydrogen) atoms. The summed E-state index contributed by atoms with van der Waals surface area (Å²) in [5.74, 6) is -0.825. The summed E-state index contributed by atoms with van der Waals surface area (Å²) in [5, 5.41) is 4.06. The first-order valence-electron chi connectivity index (χ1n) is 6.93. The predicted octanol–water partition coefficient (Wildman–Crippen LogP) is 2.70. The summed E-state index contributed by atoms with van der Waals surface area (Å²) in [6.45, 7) is 0.611. The Morgan fingerprint density at radius 3 is 2.82 bits per heavy atom. The highest BCUT2D eigenvalue weighted by Crippen LogP contribution is 2.31. The Morgan fingerprint density at radius 1 is 1.32 bits per heavy atom. The van der Waals surface area contributed by atoms with Gasteiger partial charge in [-0.1, -0.05) is 17.7 Å². The fourth-order valence-electron chi connectivity index (χ4n) is 2.71. The van der Waals surface area contributed by atoms with Gasteiger partial charge in [0, 0.05) is 25.5 Å². The summed E-state index contributed by atoms with van der Waals surface area (Å²) in [5.41, 5.74) is 0. The van der Waals surface area contributed by atoms with Gasteiger partial charge in [0.1, 0.15) is 10.7 Å². The largest absolute Gasteiger partial charge is 0.268 e. The Labute approximate surface area is 133 Å². The summed E-state index contributed by atoms with van der Waals surface area (Å²) >= 11 is 5.91. The van der Waals surface area contributed by atoms with E-state index in [9.17, 15) is 12.8 Å². The Bertz CT molecular complexity index is 744. The van der Waals surface area contributed by atoms with E-state index in [-0.39, 0.29) is 17.6 Å². The van der Waals surface area contributed by atoms with Crippen LogP contribution in [0.25, 0.3) is 0 Å². The fourth-order valence-corrected chi connectivity index (χ4v) is 4.79. The van der Waals surface area contributed by atoms with Crippen LogP contribution in [0.1, 0.15) is 18.9 Å². The van der Waals surface area contributed by atoms with Gasteiger partial charge in [-0.25, -0.2) is 12.8 Å². The molecule has 1 aliphatic rings. The van der Waals surface area contributed by atoms with Gasteiger partial charge in [-0.05, 0) is 31.0 Å². The lowest BCUT2D eigenvalue weighted by atomic mass is 10.1. The number of rotatable bonds is 3. The van der Waals surface area contributed by atoms with Crippen molar-refractivity contribution in [3.8, 4) is 0 Å². The fraction of sp³-hybridized carbons (Fsp3) is 0.357. The van der Waals surface area contributed by atoms with Crippen molar-refractivity contribution in [1.29, 1.82) is 0 Å². The highest BCUT2D eigenvalue weighted by Gasteiger charge is 2.34. The van der Waals surface area contributed by atoms with Crippen molar-refractivity contribution in [2.45, 2.75) is 23.8 Å². The molecule has 0 unspecified atom stereocenters. The van der Waals surface area contributed by atoms with Crippen LogP contribution in [-0.2, 0) is 10.0 Å². The number of piperidine rings is 1. The van der Waals surface area contributed by atoms with Gasteiger partial charge in [0.2, 0.25) is 10.0 Å². The number of hydrogen-bond acceptors (Lipinski definition) is 3. The van der Waals surface area contributed by atoms with E-state index in [1.165, 1.54) is 16.4 Å². The number of hydrogen-bond donors (Lipinski definition) is 0. The Balaban J connectivity index is 1.92.